The Labute approximate surface area is 177 Å². The highest BCUT2D eigenvalue weighted by atomic mass is 79.9. The van der Waals surface area contributed by atoms with Crippen LogP contribution in [0.3, 0.4) is 0 Å². The molecule has 2 fully saturated rings. The minimum Gasteiger partial charge on any atom is -0.352 e. The minimum absolute atomic E-state index is 0.0559. The summed E-state index contributed by atoms with van der Waals surface area (Å²) in [4.78, 5) is 30.1. The molecule has 0 aromatic heterocycles. The number of carbonyl (C=O) groups is 2. The first-order chi connectivity index (χ1) is 13.5. The summed E-state index contributed by atoms with van der Waals surface area (Å²) in [7, 11) is 0. The van der Waals surface area contributed by atoms with Gasteiger partial charge in [-0.15, -0.1) is 0 Å². The minimum atomic E-state index is -0.0559. The predicted molar refractivity (Wildman–Crippen MR) is 115 cm³/mol. The van der Waals surface area contributed by atoms with E-state index >= 15 is 0 Å². The van der Waals surface area contributed by atoms with Crippen molar-refractivity contribution in [2.24, 2.45) is 5.92 Å². The van der Waals surface area contributed by atoms with E-state index in [9.17, 15) is 9.59 Å². The molecule has 0 spiro atoms. The third kappa shape index (κ3) is 5.15. The molecule has 2 atom stereocenters. The van der Waals surface area contributed by atoms with Gasteiger partial charge in [0.05, 0.1) is 6.04 Å². The molecular formula is C22H32BrN3O2. The van der Waals surface area contributed by atoms with Gasteiger partial charge >= 0.3 is 0 Å². The van der Waals surface area contributed by atoms with Gasteiger partial charge in [-0.2, -0.15) is 0 Å². The van der Waals surface area contributed by atoms with Crippen molar-refractivity contribution in [1.29, 1.82) is 0 Å². The quantitative estimate of drug-likeness (QED) is 0.720. The van der Waals surface area contributed by atoms with Gasteiger partial charge in [0.15, 0.2) is 0 Å². The molecule has 2 aliphatic rings. The molecule has 1 heterocycles. The topological polar surface area (TPSA) is 52.7 Å². The van der Waals surface area contributed by atoms with Gasteiger partial charge in [0.1, 0.15) is 0 Å². The summed E-state index contributed by atoms with van der Waals surface area (Å²) in [6, 6.07) is 7.70. The number of rotatable bonds is 6. The number of piperazine rings is 1. The SMILES string of the molecule is CCC(C)NC(=O)C(C1CCCC1)N1CCN(C(=O)c2cccc(Br)c2)CC1. The molecule has 1 N–H and O–H groups in total. The highest BCUT2D eigenvalue weighted by Gasteiger charge is 2.37. The third-order valence-electron chi connectivity index (χ3n) is 6.18. The standard InChI is InChI=1S/C22H32BrN3O2/c1-3-16(2)24-21(27)20(17-7-4-5-8-17)25-11-13-26(14-12-25)22(28)18-9-6-10-19(23)15-18/h6,9-10,15-17,20H,3-5,7-8,11-14H2,1-2H3,(H,24,27). The molecule has 1 aromatic rings. The zero-order valence-electron chi connectivity index (χ0n) is 17.0. The molecule has 154 valence electrons. The Kier molecular flexibility index (Phi) is 7.52. The predicted octanol–water partition coefficient (Wildman–Crippen LogP) is 3.68. The lowest BCUT2D eigenvalue weighted by Crippen LogP contribution is -2.58. The molecule has 0 bridgehead atoms. The first-order valence-corrected chi connectivity index (χ1v) is 11.4. The van der Waals surface area contributed by atoms with Crippen molar-refractivity contribution >= 4 is 27.7 Å². The molecule has 3 rings (SSSR count). The summed E-state index contributed by atoms with van der Waals surface area (Å²) in [5.41, 5.74) is 0.713. The number of benzene rings is 1. The van der Waals surface area contributed by atoms with Crippen LogP contribution >= 0.6 is 15.9 Å². The number of nitrogens with zero attached hydrogens (tertiary/aromatic N) is 2. The van der Waals surface area contributed by atoms with E-state index in [1.807, 2.05) is 29.2 Å². The van der Waals surface area contributed by atoms with Crippen LogP contribution in [0.2, 0.25) is 0 Å². The molecule has 1 aromatic carbocycles. The molecule has 1 saturated heterocycles. The first-order valence-electron chi connectivity index (χ1n) is 10.6. The van der Waals surface area contributed by atoms with E-state index in [-0.39, 0.29) is 23.9 Å². The van der Waals surface area contributed by atoms with Crippen molar-refractivity contribution in [2.45, 2.75) is 58.0 Å². The van der Waals surface area contributed by atoms with Crippen molar-refractivity contribution < 1.29 is 9.59 Å². The summed E-state index contributed by atoms with van der Waals surface area (Å²) >= 11 is 3.44. The maximum atomic E-state index is 13.0. The van der Waals surface area contributed by atoms with Crippen molar-refractivity contribution in [1.82, 2.24) is 15.1 Å². The van der Waals surface area contributed by atoms with Crippen LogP contribution in [0.15, 0.2) is 28.7 Å². The molecule has 0 radical (unpaired) electrons. The maximum absolute atomic E-state index is 13.0. The molecule has 1 aliphatic carbocycles. The van der Waals surface area contributed by atoms with E-state index in [0.717, 1.165) is 36.8 Å². The Morgan fingerprint density at radius 1 is 1.18 bits per heavy atom. The Bertz CT molecular complexity index is 682. The normalized spacial score (nSPS) is 20.8. The van der Waals surface area contributed by atoms with Gasteiger partial charge < -0.3 is 10.2 Å². The average molecular weight is 450 g/mol. The van der Waals surface area contributed by atoms with Gasteiger partial charge in [0, 0.05) is 42.3 Å². The zero-order chi connectivity index (χ0) is 20.1. The lowest BCUT2D eigenvalue weighted by Gasteiger charge is -2.41. The fourth-order valence-electron chi connectivity index (χ4n) is 4.39. The van der Waals surface area contributed by atoms with Crippen LogP contribution in [-0.4, -0.2) is 59.9 Å². The van der Waals surface area contributed by atoms with Crippen molar-refractivity contribution in [3.8, 4) is 0 Å². The van der Waals surface area contributed by atoms with Crippen LogP contribution in [-0.2, 0) is 4.79 Å². The summed E-state index contributed by atoms with van der Waals surface area (Å²) in [6.45, 7) is 7.03. The largest absolute Gasteiger partial charge is 0.352 e. The lowest BCUT2D eigenvalue weighted by molar-refractivity contribution is -0.129. The molecule has 5 nitrogen and oxygen atoms in total. The molecule has 2 amide bonds. The van der Waals surface area contributed by atoms with Crippen LogP contribution < -0.4 is 5.32 Å². The Morgan fingerprint density at radius 2 is 1.86 bits per heavy atom. The summed E-state index contributed by atoms with van der Waals surface area (Å²) in [5, 5.41) is 3.20. The number of nitrogens with one attached hydrogen (secondary N) is 1. The van der Waals surface area contributed by atoms with Gasteiger partial charge in [-0.1, -0.05) is 41.8 Å². The highest BCUT2D eigenvalue weighted by Crippen LogP contribution is 2.31. The number of carbonyl (C=O) groups excluding carboxylic acids is 2. The van der Waals surface area contributed by atoms with E-state index < -0.39 is 0 Å². The fourth-order valence-corrected chi connectivity index (χ4v) is 4.79. The number of halogens is 1. The average Bonchev–Trinajstić information content (AvgIpc) is 3.22. The van der Waals surface area contributed by atoms with Crippen molar-refractivity contribution in [3.05, 3.63) is 34.3 Å². The van der Waals surface area contributed by atoms with Crippen molar-refractivity contribution in [2.75, 3.05) is 26.2 Å². The van der Waals surface area contributed by atoms with E-state index in [4.69, 9.17) is 0 Å². The number of hydrogen-bond acceptors (Lipinski definition) is 3. The number of hydrogen-bond donors (Lipinski definition) is 1. The second kappa shape index (κ2) is 9.88. The molecule has 28 heavy (non-hydrogen) atoms. The smallest absolute Gasteiger partial charge is 0.253 e. The van der Waals surface area contributed by atoms with Crippen LogP contribution in [0.5, 0.6) is 0 Å². The molecular weight excluding hydrogens is 418 g/mol. The summed E-state index contributed by atoms with van der Waals surface area (Å²) in [5.74, 6) is 0.687. The van der Waals surface area contributed by atoms with Gasteiger partial charge in [-0.05, 0) is 50.3 Å². The zero-order valence-corrected chi connectivity index (χ0v) is 18.6. The van der Waals surface area contributed by atoms with Gasteiger partial charge in [0.2, 0.25) is 5.91 Å². The van der Waals surface area contributed by atoms with Gasteiger partial charge in [0.25, 0.3) is 5.91 Å². The first kappa shape index (κ1) is 21.3. The van der Waals surface area contributed by atoms with Crippen LogP contribution in [0.4, 0.5) is 0 Å². The third-order valence-corrected chi connectivity index (χ3v) is 6.68. The monoisotopic (exact) mass is 449 g/mol. The van der Waals surface area contributed by atoms with Gasteiger partial charge in [-0.25, -0.2) is 0 Å². The van der Waals surface area contributed by atoms with E-state index in [1.54, 1.807) is 0 Å². The Balaban J connectivity index is 1.64. The maximum Gasteiger partial charge on any atom is 0.253 e. The molecule has 2 unspecified atom stereocenters. The second-order valence-electron chi connectivity index (χ2n) is 8.15. The van der Waals surface area contributed by atoms with E-state index in [0.29, 0.717) is 24.6 Å². The lowest BCUT2D eigenvalue weighted by atomic mass is 9.94. The highest BCUT2D eigenvalue weighted by molar-refractivity contribution is 9.10. The Morgan fingerprint density at radius 3 is 2.46 bits per heavy atom. The molecule has 1 aliphatic heterocycles. The van der Waals surface area contributed by atoms with Crippen LogP contribution in [0.25, 0.3) is 0 Å². The number of amides is 2. The van der Waals surface area contributed by atoms with Crippen molar-refractivity contribution in [3.63, 3.8) is 0 Å². The summed E-state index contributed by atoms with van der Waals surface area (Å²) in [6.07, 6.45) is 5.65. The second-order valence-corrected chi connectivity index (χ2v) is 9.06. The fraction of sp³-hybridized carbons (Fsp3) is 0.636. The van der Waals surface area contributed by atoms with Gasteiger partial charge in [-0.3, -0.25) is 14.5 Å². The van der Waals surface area contributed by atoms with Crippen LogP contribution in [0.1, 0.15) is 56.3 Å². The van der Waals surface area contributed by atoms with Crippen LogP contribution in [0, 0.1) is 5.92 Å². The molecule has 6 heteroatoms. The Hall–Kier alpha value is -1.40. The summed E-state index contributed by atoms with van der Waals surface area (Å²) < 4.78 is 0.917. The molecule has 1 saturated carbocycles. The van der Waals surface area contributed by atoms with E-state index in [2.05, 4.69) is 40.0 Å². The van der Waals surface area contributed by atoms with E-state index in [1.165, 1.54) is 12.8 Å².